The van der Waals surface area contributed by atoms with E-state index in [2.05, 4.69) is 0 Å². The van der Waals surface area contributed by atoms with Crippen LogP contribution < -0.4 is 0 Å². The summed E-state index contributed by atoms with van der Waals surface area (Å²) < 4.78 is 12.6. The highest BCUT2D eigenvalue weighted by Gasteiger charge is 2.32. The van der Waals surface area contributed by atoms with Crippen molar-refractivity contribution in [1.29, 1.82) is 0 Å². The first-order chi connectivity index (χ1) is 12.7. The lowest BCUT2D eigenvalue weighted by atomic mass is 9.92. The number of esters is 2. The molecule has 1 aromatic heterocycles. The van der Waals surface area contributed by atoms with E-state index < -0.39 is 11.7 Å². The second-order valence-corrected chi connectivity index (χ2v) is 7.39. The number of aliphatic hydroxyl groups is 1. The molecule has 1 unspecified atom stereocenters. The van der Waals surface area contributed by atoms with E-state index in [-0.39, 0.29) is 25.1 Å². The Kier molecular flexibility index (Phi) is 8.54. The standard InChI is InChI=1S/C19H29NO5.C2H6/c1-6-14-17(18(23)24-7-2)13-10-12(21)8-9-15(13)20(14)11-16(22)25-19(3,4)5;1-2/h12,21H,6-11H2,1-5H3;1-2H3. The van der Waals surface area contributed by atoms with Gasteiger partial charge in [0.1, 0.15) is 12.1 Å². The van der Waals surface area contributed by atoms with Crippen LogP contribution in [0.1, 0.15) is 82.2 Å². The van der Waals surface area contributed by atoms with Crippen molar-refractivity contribution >= 4 is 11.9 Å². The molecule has 6 heteroatoms. The van der Waals surface area contributed by atoms with Gasteiger partial charge in [-0.25, -0.2) is 4.79 Å². The molecular weight excluding hydrogens is 346 g/mol. The Balaban J connectivity index is 0.00000176. The first-order valence-corrected chi connectivity index (χ1v) is 9.98. The van der Waals surface area contributed by atoms with E-state index in [1.165, 1.54) is 0 Å². The molecule has 0 spiro atoms. The van der Waals surface area contributed by atoms with Gasteiger partial charge in [-0.1, -0.05) is 20.8 Å². The van der Waals surface area contributed by atoms with E-state index in [0.717, 1.165) is 17.0 Å². The van der Waals surface area contributed by atoms with Gasteiger partial charge in [0.15, 0.2) is 0 Å². The molecule has 0 aliphatic heterocycles. The molecule has 0 saturated carbocycles. The third kappa shape index (κ3) is 5.83. The summed E-state index contributed by atoms with van der Waals surface area (Å²) in [5.74, 6) is -0.714. The predicted molar refractivity (Wildman–Crippen MR) is 105 cm³/mol. The van der Waals surface area contributed by atoms with Crippen molar-refractivity contribution in [2.45, 2.75) is 92.4 Å². The fourth-order valence-corrected chi connectivity index (χ4v) is 3.43. The lowest BCUT2D eigenvalue weighted by Crippen LogP contribution is -2.28. The number of carbonyl (C=O) groups is 2. The largest absolute Gasteiger partial charge is 0.462 e. The first-order valence-electron chi connectivity index (χ1n) is 9.98. The van der Waals surface area contributed by atoms with Crippen LogP contribution in [0.5, 0.6) is 0 Å². The van der Waals surface area contributed by atoms with Crippen molar-refractivity contribution in [2.75, 3.05) is 6.61 Å². The maximum atomic E-state index is 12.5. The molecule has 6 nitrogen and oxygen atoms in total. The van der Waals surface area contributed by atoms with E-state index in [1.54, 1.807) is 6.92 Å². The van der Waals surface area contributed by atoms with Crippen molar-refractivity contribution in [2.24, 2.45) is 0 Å². The van der Waals surface area contributed by atoms with Crippen molar-refractivity contribution < 1.29 is 24.2 Å². The fraction of sp³-hybridized carbons (Fsp3) is 0.714. The molecule has 1 aromatic rings. The normalized spacial score (nSPS) is 16.1. The molecule has 1 N–H and O–H groups in total. The number of rotatable bonds is 5. The number of aromatic nitrogens is 1. The molecule has 1 heterocycles. The van der Waals surface area contributed by atoms with Gasteiger partial charge in [-0.3, -0.25) is 4.79 Å². The SMILES string of the molecule is CC.CCOC(=O)c1c2c(n(CC(=O)OC(C)(C)C)c1CC)CCC(O)C2. The highest BCUT2D eigenvalue weighted by atomic mass is 16.6. The molecule has 0 bridgehead atoms. The van der Waals surface area contributed by atoms with Crippen molar-refractivity contribution in [3.63, 3.8) is 0 Å². The average Bonchev–Trinajstić information content (AvgIpc) is 2.87. The maximum absolute atomic E-state index is 12.5. The molecule has 27 heavy (non-hydrogen) atoms. The molecule has 2 rings (SSSR count). The molecule has 1 aliphatic carbocycles. The number of fused-ring (bicyclic) bond motifs is 1. The number of ether oxygens (including phenoxy) is 2. The summed E-state index contributed by atoms with van der Waals surface area (Å²) in [7, 11) is 0. The van der Waals surface area contributed by atoms with Crippen LogP contribution in [0.3, 0.4) is 0 Å². The van der Waals surface area contributed by atoms with E-state index >= 15 is 0 Å². The number of aliphatic hydroxyl groups excluding tert-OH is 1. The molecule has 0 amide bonds. The number of nitrogens with zero attached hydrogens (tertiary/aromatic N) is 1. The summed E-state index contributed by atoms with van der Waals surface area (Å²) in [6.45, 7) is 13.6. The Labute approximate surface area is 162 Å². The number of carbonyl (C=O) groups excluding carboxylic acids is 2. The van der Waals surface area contributed by atoms with Gasteiger partial charge < -0.3 is 19.1 Å². The Morgan fingerprint density at radius 1 is 1.22 bits per heavy atom. The monoisotopic (exact) mass is 381 g/mol. The van der Waals surface area contributed by atoms with Crippen LogP contribution in [0, 0.1) is 0 Å². The van der Waals surface area contributed by atoms with Gasteiger partial charge in [0, 0.05) is 17.8 Å². The zero-order chi connectivity index (χ0) is 20.8. The van der Waals surface area contributed by atoms with E-state index in [4.69, 9.17) is 9.47 Å². The van der Waals surface area contributed by atoms with Gasteiger partial charge in [0.05, 0.1) is 18.3 Å². The molecule has 0 aromatic carbocycles. The summed E-state index contributed by atoms with van der Waals surface area (Å²) in [4.78, 5) is 24.8. The van der Waals surface area contributed by atoms with E-state index in [0.29, 0.717) is 31.2 Å². The van der Waals surface area contributed by atoms with Gasteiger partial charge in [0.2, 0.25) is 0 Å². The van der Waals surface area contributed by atoms with Gasteiger partial charge in [0.25, 0.3) is 0 Å². The van der Waals surface area contributed by atoms with Crippen molar-refractivity contribution in [3.05, 3.63) is 22.5 Å². The minimum absolute atomic E-state index is 0.0677. The lowest BCUT2D eigenvalue weighted by Gasteiger charge is -2.22. The summed E-state index contributed by atoms with van der Waals surface area (Å²) >= 11 is 0. The molecule has 1 aliphatic rings. The predicted octanol–water partition coefficient (Wildman–Crippen LogP) is 3.44. The maximum Gasteiger partial charge on any atom is 0.340 e. The second-order valence-electron chi connectivity index (χ2n) is 7.39. The molecule has 154 valence electrons. The van der Waals surface area contributed by atoms with Crippen LogP contribution >= 0.6 is 0 Å². The van der Waals surface area contributed by atoms with Crippen molar-refractivity contribution in [1.82, 2.24) is 4.57 Å². The van der Waals surface area contributed by atoms with Gasteiger partial charge in [-0.15, -0.1) is 0 Å². The molecule has 1 atom stereocenters. The summed E-state index contributed by atoms with van der Waals surface area (Å²) in [5, 5.41) is 10.0. The second kappa shape index (κ2) is 9.93. The lowest BCUT2D eigenvalue weighted by molar-refractivity contribution is -0.155. The Hall–Kier alpha value is -1.82. The average molecular weight is 382 g/mol. The molecule has 0 saturated heterocycles. The molecular formula is C21H35NO5. The van der Waals surface area contributed by atoms with E-state index in [9.17, 15) is 14.7 Å². The minimum Gasteiger partial charge on any atom is -0.462 e. The third-order valence-electron chi connectivity index (χ3n) is 4.27. The highest BCUT2D eigenvalue weighted by Crippen LogP contribution is 2.31. The van der Waals surface area contributed by atoms with Gasteiger partial charge in [-0.2, -0.15) is 0 Å². The fourth-order valence-electron chi connectivity index (χ4n) is 3.43. The van der Waals surface area contributed by atoms with Crippen LogP contribution in [-0.4, -0.2) is 39.9 Å². The van der Waals surface area contributed by atoms with Crippen LogP contribution in [0.25, 0.3) is 0 Å². The zero-order valence-electron chi connectivity index (χ0n) is 17.8. The van der Waals surface area contributed by atoms with Crippen LogP contribution in [0.4, 0.5) is 0 Å². The van der Waals surface area contributed by atoms with Crippen LogP contribution in [0.2, 0.25) is 0 Å². The topological polar surface area (TPSA) is 77.8 Å². The molecule has 0 radical (unpaired) electrons. The summed E-state index contributed by atoms with van der Waals surface area (Å²) in [6, 6.07) is 0. The van der Waals surface area contributed by atoms with Crippen LogP contribution in [-0.2, 0) is 40.1 Å². The minimum atomic E-state index is -0.559. The zero-order valence-corrected chi connectivity index (χ0v) is 17.8. The Morgan fingerprint density at radius 2 is 1.85 bits per heavy atom. The first kappa shape index (κ1) is 23.2. The smallest absolute Gasteiger partial charge is 0.340 e. The quantitative estimate of drug-likeness (QED) is 0.791. The number of hydrogen-bond donors (Lipinski definition) is 1. The summed E-state index contributed by atoms with van der Waals surface area (Å²) in [6.07, 6.45) is 1.79. The number of hydrogen-bond acceptors (Lipinski definition) is 5. The molecule has 0 fully saturated rings. The van der Waals surface area contributed by atoms with Gasteiger partial charge in [-0.05, 0) is 52.5 Å². The van der Waals surface area contributed by atoms with Crippen LogP contribution in [0.15, 0.2) is 0 Å². The van der Waals surface area contributed by atoms with Gasteiger partial charge >= 0.3 is 11.9 Å². The summed E-state index contributed by atoms with van der Waals surface area (Å²) in [5.41, 5.74) is 2.50. The van der Waals surface area contributed by atoms with Crippen molar-refractivity contribution in [3.8, 4) is 0 Å². The Morgan fingerprint density at radius 3 is 2.37 bits per heavy atom. The third-order valence-corrected chi connectivity index (χ3v) is 4.27. The Bertz CT molecular complexity index is 655. The van der Waals surface area contributed by atoms with E-state index in [1.807, 2.05) is 46.1 Å². The highest BCUT2D eigenvalue weighted by molar-refractivity contribution is 5.93.